The van der Waals surface area contributed by atoms with E-state index in [1.54, 1.807) is 0 Å². The van der Waals surface area contributed by atoms with E-state index in [9.17, 15) is 19.8 Å². The zero-order chi connectivity index (χ0) is 9.84. The second-order valence-electron chi connectivity index (χ2n) is 2.21. The molecule has 0 saturated heterocycles. The van der Waals surface area contributed by atoms with Gasteiger partial charge in [-0.05, 0) is 11.2 Å². The van der Waals surface area contributed by atoms with Gasteiger partial charge in [-0.3, -0.25) is 14.9 Å². The van der Waals surface area contributed by atoms with E-state index in [-0.39, 0.29) is 16.9 Å². The molecule has 0 aliphatic heterocycles. The number of nitro groups is 1. The van der Waals surface area contributed by atoms with Crippen molar-refractivity contribution in [3.05, 3.63) is 38.8 Å². The monoisotopic (exact) mass is 180 g/mol. The van der Waals surface area contributed by atoms with E-state index >= 15 is 0 Å². The Labute approximate surface area is 72.3 Å². The summed E-state index contributed by atoms with van der Waals surface area (Å²) in [7, 11) is 0. The van der Waals surface area contributed by atoms with Crippen LogP contribution in [-0.2, 0) is 0 Å². The third-order valence-electron chi connectivity index (χ3n) is 1.45. The lowest BCUT2D eigenvalue weighted by Gasteiger charge is -1.94. The summed E-state index contributed by atoms with van der Waals surface area (Å²) >= 11 is 0. The van der Waals surface area contributed by atoms with Crippen LogP contribution in [0, 0.1) is 15.0 Å². The van der Waals surface area contributed by atoms with Gasteiger partial charge in [-0.1, -0.05) is 0 Å². The number of benzene rings is 1. The van der Waals surface area contributed by atoms with Crippen molar-refractivity contribution in [3.63, 3.8) is 0 Å². The summed E-state index contributed by atoms with van der Waals surface area (Å²) in [6, 6.07) is 3.27. The van der Waals surface area contributed by atoms with Crippen molar-refractivity contribution in [2.75, 3.05) is 0 Å². The fourth-order valence-electron chi connectivity index (χ4n) is 0.824. The van der Waals surface area contributed by atoms with Gasteiger partial charge >= 0.3 is 0 Å². The van der Waals surface area contributed by atoms with E-state index in [0.29, 0.717) is 6.29 Å². The lowest BCUT2D eigenvalue weighted by Crippen LogP contribution is -1.88. The number of hydrogen-bond acceptors (Lipinski definition) is 5. The van der Waals surface area contributed by atoms with Crippen LogP contribution in [0.3, 0.4) is 0 Å². The molecule has 0 saturated carbocycles. The average molecular weight is 180 g/mol. The number of nitrogens with zero attached hydrogens (tertiary/aromatic N) is 2. The molecule has 0 atom stereocenters. The van der Waals surface area contributed by atoms with Crippen molar-refractivity contribution in [2.45, 2.75) is 0 Å². The molecule has 0 heterocycles. The van der Waals surface area contributed by atoms with Crippen LogP contribution < -0.4 is 0 Å². The highest BCUT2D eigenvalue weighted by atomic mass is 16.6. The molecule has 0 N–H and O–H groups in total. The maximum atomic E-state index is 10.3. The van der Waals surface area contributed by atoms with E-state index in [1.807, 2.05) is 0 Å². The van der Waals surface area contributed by atoms with Gasteiger partial charge < -0.3 is 0 Å². The molecular weight excluding hydrogens is 176 g/mol. The number of nitro benzene ring substituents is 1. The average Bonchev–Trinajstić information content (AvgIpc) is 2.16. The van der Waals surface area contributed by atoms with Crippen LogP contribution in [0.15, 0.2) is 23.4 Å². The van der Waals surface area contributed by atoms with E-state index in [0.717, 1.165) is 12.1 Å². The van der Waals surface area contributed by atoms with Crippen molar-refractivity contribution in [3.8, 4) is 0 Å². The number of hydrogen-bond donors (Lipinski definition) is 0. The predicted octanol–water partition coefficient (Wildman–Crippen LogP) is 1.81. The second kappa shape index (κ2) is 3.53. The van der Waals surface area contributed by atoms with Gasteiger partial charge in [0.25, 0.3) is 5.69 Å². The van der Waals surface area contributed by atoms with E-state index in [2.05, 4.69) is 5.18 Å². The summed E-state index contributed by atoms with van der Waals surface area (Å²) in [4.78, 5) is 30.0. The summed E-state index contributed by atoms with van der Waals surface area (Å²) < 4.78 is 0. The van der Waals surface area contributed by atoms with Crippen LogP contribution in [0.25, 0.3) is 0 Å². The maximum absolute atomic E-state index is 10.3. The molecule has 6 nitrogen and oxygen atoms in total. The molecule has 1 rings (SSSR count). The molecule has 66 valence electrons. The number of carbonyl (C=O) groups is 1. The highest BCUT2D eigenvalue weighted by molar-refractivity contribution is 5.83. The number of carbonyl (C=O) groups excluding carboxylic acids is 1. The van der Waals surface area contributed by atoms with Crippen molar-refractivity contribution < 1.29 is 9.72 Å². The van der Waals surface area contributed by atoms with Crippen molar-refractivity contribution in [2.24, 2.45) is 5.18 Å². The van der Waals surface area contributed by atoms with Crippen LogP contribution in [0.4, 0.5) is 11.4 Å². The Morgan fingerprint density at radius 2 is 2.15 bits per heavy atom. The first-order valence-electron chi connectivity index (χ1n) is 3.26. The second-order valence-corrected chi connectivity index (χ2v) is 2.21. The fraction of sp³-hybridized carbons (Fsp3) is 0. The van der Waals surface area contributed by atoms with Crippen LogP contribution >= 0.6 is 0 Å². The van der Waals surface area contributed by atoms with E-state index < -0.39 is 4.92 Å². The molecular formula is C7H4N2O4. The predicted molar refractivity (Wildman–Crippen MR) is 43.9 cm³/mol. The molecule has 0 bridgehead atoms. The van der Waals surface area contributed by atoms with Gasteiger partial charge in [0.2, 0.25) is 0 Å². The lowest BCUT2D eigenvalue weighted by molar-refractivity contribution is -0.384. The largest absolute Gasteiger partial charge is 0.298 e. The van der Waals surface area contributed by atoms with Crippen molar-refractivity contribution >= 4 is 17.7 Å². The first kappa shape index (κ1) is 8.98. The molecule has 1 aromatic rings. The van der Waals surface area contributed by atoms with Gasteiger partial charge in [-0.2, -0.15) is 0 Å². The van der Waals surface area contributed by atoms with Crippen LogP contribution in [0.1, 0.15) is 10.4 Å². The maximum Gasteiger partial charge on any atom is 0.271 e. The first-order chi connectivity index (χ1) is 6.19. The van der Waals surface area contributed by atoms with E-state index in [4.69, 9.17) is 0 Å². The molecule has 0 spiro atoms. The zero-order valence-corrected chi connectivity index (χ0v) is 6.34. The first-order valence-corrected chi connectivity index (χ1v) is 3.26. The molecule has 13 heavy (non-hydrogen) atoms. The number of non-ortho nitro benzene ring substituents is 1. The minimum atomic E-state index is -0.663. The van der Waals surface area contributed by atoms with Crippen molar-refractivity contribution in [1.82, 2.24) is 0 Å². The van der Waals surface area contributed by atoms with Crippen molar-refractivity contribution in [1.29, 1.82) is 0 Å². The SMILES string of the molecule is O=Cc1ccc([N+](=O)[O-])cc1N=O. The van der Waals surface area contributed by atoms with Crippen LogP contribution in [-0.4, -0.2) is 11.2 Å². The Balaban J connectivity index is 3.28. The minimum Gasteiger partial charge on any atom is -0.298 e. The smallest absolute Gasteiger partial charge is 0.271 e. The molecule has 0 fully saturated rings. The topological polar surface area (TPSA) is 89.6 Å². The van der Waals surface area contributed by atoms with Gasteiger partial charge in [-0.15, -0.1) is 4.91 Å². The van der Waals surface area contributed by atoms with Gasteiger partial charge in [-0.25, -0.2) is 0 Å². The summed E-state index contributed by atoms with van der Waals surface area (Å²) in [6.07, 6.45) is 0.417. The third kappa shape index (κ3) is 1.73. The molecule has 0 amide bonds. The highest BCUT2D eigenvalue weighted by Gasteiger charge is 2.10. The van der Waals surface area contributed by atoms with Gasteiger partial charge in [0.15, 0.2) is 6.29 Å². The molecule has 0 unspecified atom stereocenters. The van der Waals surface area contributed by atoms with Crippen LogP contribution in [0.5, 0.6) is 0 Å². The normalized spacial score (nSPS) is 9.23. The van der Waals surface area contributed by atoms with E-state index in [1.165, 1.54) is 6.07 Å². The minimum absolute atomic E-state index is 0.0422. The Bertz CT molecular complexity index is 375. The lowest BCUT2D eigenvalue weighted by atomic mass is 10.2. The fourth-order valence-corrected chi connectivity index (χ4v) is 0.824. The van der Waals surface area contributed by atoms with Crippen LogP contribution in [0.2, 0.25) is 0 Å². The summed E-state index contributed by atoms with van der Waals surface area (Å²) in [5.74, 6) is 0. The Hall–Kier alpha value is -2.11. The standard InChI is InChI=1S/C7H4N2O4/c10-4-5-1-2-6(9(12)13)3-7(5)8-11/h1-4H. The van der Waals surface area contributed by atoms with Gasteiger partial charge in [0.1, 0.15) is 5.69 Å². The molecule has 0 radical (unpaired) electrons. The Morgan fingerprint density at radius 1 is 1.46 bits per heavy atom. The molecule has 0 aliphatic carbocycles. The molecule has 0 aromatic heterocycles. The quantitative estimate of drug-likeness (QED) is 0.307. The van der Waals surface area contributed by atoms with Gasteiger partial charge in [0, 0.05) is 17.7 Å². The Kier molecular flexibility index (Phi) is 2.44. The third-order valence-corrected chi connectivity index (χ3v) is 1.45. The number of nitroso groups, excluding NO2 is 1. The Morgan fingerprint density at radius 3 is 2.62 bits per heavy atom. The number of aldehydes is 1. The molecule has 6 heteroatoms. The molecule has 1 aromatic carbocycles. The zero-order valence-electron chi connectivity index (χ0n) is 6.34. The summed E-state index contributed by atoms with van der Waals surface area (Å²) in [5.41, 5.74) is -0.440. The van der Waals surface area contributed by atoms with Gasteiger partial charge in [0.05, 0.1) is 4.92 Å². The molecule has 0 aliphatic rings. The highest BCUT2D eigenvalue weighted by Crippen LogP contribution is 2.23. The number of rotatable bonds is 3. The summed E-state index contributed by atoms with van der Waals surface area (Å²) in [6.45, 7) is 0. The summed E-state index contributed by atoms with van der Waals surface area (Å²) in [5, 5.41) is 12.7.